The van der Waals surface area contributed by atoms with Crippen molar-refractivity contribution >= 4 is 18.0 Å². The van der Waals surface area contributed by atoms with Crippen molar-refractivity contribution in [3.63, 3.8) is 0 Å². The number of aromatic nitrogens is 1. The molecule has 0 amide bonds. The van der Waals surface area contributed by atoms with Crippen LogP contribution in [0.2, 0.25) is 0 Å². The molecule has 0 radical (unpaired) electrons. The van der Waals surface area contributed by atoms with E-state index in [1.807, 2.05) is 0 Å². The van der Waals surface area contributed by atoms with E-state index in [0.717, 1.165) is 6.29 Å². The largest absolute Gasteiger partial charge is 0.466 e. The molecular weight excluding hydrogens is 282 g/mol. The van der Waals surface area contributed by atoms with E-state index in [1.165, 1.54) is 0 Å². The monoisotopic (exact) mass is 299 g/mol. The molecule has 5 nitrogen and oxygen atoms in total. The zero-order chi connectivity index (χ0) is 15.9. The Morgan fingerprint density at radius 1 is 1.18 bits per heavy atom. The van der Waals surface area contributed by atoms with Gasteiger partial charge >= 0.3 is 5.97 Å². The summed E-state index contributed by atoms with van der Waals surface area (Å²) < 4.78 is 4.88. The lowest BCUT2D eigenvalue weighted by Crippen LogP contribution is -2.08. The van der Waals surface area contributed by atoms with Crippen molar-refractivity contribution in [1.82, 2.24) is 4.98 Å². The van der Waals surface area contributed by atoms with Crippen molar-refractivity contribution in [1.29, 1.82) is 0 Å². The zero-order valence-corrected chi connectivity index (χ0v) is 12.3. The standard InChI is InChI=1S/C17H17NO4/c1-2-22-16(20)8-7-15-14(9-10-18-15)17(21)13-5-3-12(11-19)4-6-13/h3-6,9-11,18H,2,7-8H2,1H3. The summed E-state index contributed by atoms with van der Waals surface area (Å²) >= 11 is 0. The number of aryl methyl sites for hydroxylation is 1. The van der Waals surface area contributed by atoms with Gasteiger partial charge < -0.3 is 9.72 Å². The molecule has 0 aliphatic heterocycles. The summed E-state index contributed by atoms with van der Waals surface area (Å²) in [6, 6.07) is 8.13. The van der Waals surface area contributed by atoms with Crippen LogP contribution in [0.25, 0.3) is 0 Å². The van der Waals surface area contributed by atoms with Gasteiger partial charge in [-0.3, -0.25) is 14.4 Å². The number of benzene rings is 1. The minimum Gasteiger partial charge on any atom is -0.466 e. The van der Waals surface area contributed by atoms with Crippen LogP contribution in [0.3, 0.4) is 0 Å². The van der Waals surface area contributed by atoms with Crippen LogP contribution < -0.4 is 0 Å². The van der Waals surface area contributed by atoms with Gasteiger partial charge in [0.2, 0.25) is 0 Å². The van der Waals surface area contributed by atoms with Crippen molar-refractivity contribution in [2.75, 3.05) is 6.61 Å². The summed E-state index contributed by atoms with van der Waals surface area (Å²) in [6.07, 6.45) is 3.04. The van der Waals surface area contributed by atoms with Crippen molar-refractivity contribution in [3.05, 3.63) is 58.9 Å². The zero-order valence-electron chi connectivity index (χ0n) is 12.3. The van der Waals surface area contributed by atoms with Gasteiger partial charge in [-0.2, -0.15) is 0 Å². The van der Waals surface area contributed by atoms with Crippen LogP contribution in [-0.2, 0) is 16.0 Å². The molecule has 0 saturated heterocycles. The fourth-order valence-corrected chi connectivity index (χ4v) is 2.15. The van der Waals surface area contributed by atoms with Gasteiger partial charge in [-0.1, -0.05) is 24.3 Å². The van der Waals surface area contributed by atoms with Crippen molar-refractivity contribution in [2.24, 2.45) is 0 Å². The third-order valence-electron chi connectivity index (χ3n) is 3.27. The number of esters is 1. The predicted octanol–water partition coefficient (Wildman–Crippen LogP) is 2.55. The molecule has 0 atom stereocenters. The summed E-state index contributed by atoms with van der Waals surface area (Å²) in [4.78, 5) is 37.5. The minimum atomic E-state index is -0.286. The van der Waals surface area contributed by atoms with Crippen molar-refractivity contribution in [3.8, 4) is 0 Å². The van der Waals surface area contributed by atoms with Crippen molar-refractivity contribution < 1.29 is 19.1 Å². The molecule has 114 valence electrons. The lowest BCUT2D eigenvalue weighted by molar-refractivity contribution is -0.143. The molecule has 2 aromatic rings. The van der Waals surface area contributed by atoms with Gasteiger partial charge in [0.1, 0.15) is 6.29 Å². The molecule has 5 heteroatoms. The molecule has 0 aliphatic carbocycles. The molecule has 1 aromatic carbocycles. The third kappa shape index (κ3) is 3.69. The van der Waals surface area contributed by atoms with E-state index in [0.29, 0.717) is 35.4 Å². The van der Waals surface area contributed by atoms with E-state index in [9.17, 15) is 14.4 Å². The first kappa shape index (κ1) is 15.7. The van der Waals surface area contributed by atoms with Crippen LogP contribution >= 0.6 is 0 Å². The van der Waals surface area contributed by atoms with Crippen LogP contribution in [0.5, 0.6) is 0 Å². The predicted molar refractivity (Wildman–Crippen MR) is 81.0 cm³/mol. The number of aldehydes is 1. The Morgan fingerprint density at radius 2 is 1.91 bits per heavy atom. The average molecular weight is 299 g/mol. The quantitative estimate of drug-likeness (QED) is 0.484. The van der Waals surface area contributed by atoms with Crippen LogP contribution in [-0.4, -0.2) is 29.6 Å². The van der Waals surface area contributed by atoms with Gasteiger partial charge in [-0.15, -0.1) is 0 Å². The Kier molecular flexibility index (Phi) is 5.25. The number of ether oxygens (including phenoxy) is 1. The first-order chi connectivity index (χ1) is 10.7. The molecule has 1 heterocycles. The Balaban J connectivity index is 2.11. The number of aromatic amines is 1. The Labute approximate surface area is 128 Å². The smallest absolute Gasteiger partial charge is 0.306 e. The molecule has 0 bridgehead atoms. The maximum Gasteiger partial charge on any atom is 0.306 e. The first-order valence-corrected chi connectivity index (χ1v) is 7.07. The highest BCUT2D eigenvalue weighted by Gasteiger charge is 2.15. The lowest BCUT2D eigenvalue weighted by Gasteiger charge is -2.05. The van der Waals surface area contributed by atoms with Gasteiger partial charge in [0.25, 0.3) is 0 Å². The fraction of sp³-hybridized carbons (Fsp3) is 0.235. The molecule has 0 aliphatic rings. The number of hydrogen-bond donors (Lipinski definition) is 1. The summed E-state index contributed by atoms with van der Waals surface area (Å²) in [5, 5.41) is 0. The number of rotatable bonds is 7. The second-order valence-corrected chi connectivity index (χ2v) is 4.74. The van der Waals surface area contributed by atoms with Gasteiger partial charge in [-0.25, -0.2) is 0 Å². The van der Waals surface area contributed by atoms with E-state index in [-0.39, 0.29) is 18.2 Å². The Morgan fingerprint density at radius 3 is 2.55 bits per heavy atom. The average Bonchev–Trinajstić information content (AvgIpc) is 3.01. The summed E-state index contributed by atoms with van der Waals surface area (Å²) in [7, 11) is 0. The van der Waals surface area contributed by atoms with Gasteiger partial charge in [0.05, 0.1) is 13.0 Å². The SMILES string of the molecule is CCOC(=O)CCc1[nH]ccc1C(=O)c1ccc(C=O)cc1. The molecule has 0 fully saturated rings. The van der Waals surface area contributed by atoms with Crippen LogP contribution in [0, 0.1) is 0 Å². The number of carbonyl (C=O) groups excluding carboxylic acids is 3. The second-order valence-electron chi connectivity index (χ2n) is 4.74. The summed E-state index contributed by atoms with van der Waals surface area (Å²) in [5.74, 6) is -0.427. The number of nitrogens with one attached hydrogen (secondary N) is 1. The van der Waals surface area contributed by atoms with Gasteiger partial charge in [0, 0.05) is 28.6 Å². The topological polar surface area (TPSA) is 76.2 Å². The van der Waals surface area contributed by atoms with Crippen LogP contribution in [0.4, 0.5) is 0 Å². The normalized spacial score (nSPS) is 10.2. The van der Waals surface area contributed by atoms with Crippen LogP contribution in [0.1, 0.15) is 45.3 Å². The summed E-state index contributed by atoms with van der Waals surface area (Å²) in [6.45, 7) is 2.10. The minimum absolute atomic E-state index is 0.141. The van der Waals surface area contributed by atoms with Gasteiger partial charge in [0.15, 0.2) is 5.78 Å². The van der Waals surface area contributed by atoms with E-state index >= 15 is 0 Å². The Hall–Kier alpha value is -2.69. The van der Waals surface area contributed by atoms with E-state index < -0.39 is 0 Å². The third-order valence-corrected chi connectivity index (χ3v) is 3.27. The molecule has 22 heavy (non-hydrogen) atoms. The molecule has 0 saturated carbocycles. The number of H-pyrrole nitrogens is 1. The maximum atomic E-state index is 12.5. The molecule has 0 unspecified atom stereocenters. The molecule has 0 spiro atoms. The van der Waals surface area contributed by atoms with Gasteiger partial charge in [-0.05, 0) is 19.4 Å². The molecular formula is C17H17NO4. The highest BCUT2D eigenvalue weighted by molar-refractivity contribution is 6.10. The second kappa shape index (κ2) is 7.36. The first-order valence-electron chi connectivity index (χ1n) is 7.07. The number of carbonyl (C=O) groups is 3. The lowest BCUT2D eigenvalue weighted by atomic mass is 10.0. The molecule has 1 aromatic heterocycles. The van der Waals surface area contributed by atoms with E-state index in [4.69, 9.17) is 4.74 Å². The fourth-order valence-electron chi connectivity index (χ4n) is 2.15. The number of hydrogen-bond acceptors (Lipinski definition) is 4. The summed E-state index contributed by atoms with van der Waals surface area (Å²) in [5.41, 5.74) is 2.26. The van der Waals surface area contributed by atoms with E-state index in [2.05, 4.69) is 4.98 Å². The maximum absolute atomic E-state index is 12.5. The highest BCUT2D eigenvalue weighted by Crippen LogP contribution is 2.16. The number of ketones is 1. The van der Waals surface area contributed by atoms with E-state index in [1.54, 1.807) is 43.5 Å². The highest BCUT2D eigenvalue weighted by atomic mass is 16.5. The van der Waals surface area contributed by atoms with Crippen molar-refractivity contribution in [2.45, 2.75) is 19.8 Å². The Bertz CT molecular complexity index is 670. The van der Waals surface area contributed by atoms with Crippen LogP contribution in [0.15, 0.2) is 36.5 Å². The molecule has 2 rings (SSSR count). The molecule has 1 N–H and O–H groups in total.